The van der Waals surface area contributed by atoms with Crippen LogP contribution in [0.4, 0.5) is 0 Å². The van der Waals surface area contributed by atoms with Crippen LogP contribution >= 0.6 is 0 Å². The fourth-order valence-corrected chi connectivity index (χ4v) is 7.30. The van der Waals surface area contributed by atoms with Crippen molar-refractivity contribution in [1.29, 1.82) is 0 Å². The number of nitrogens with zero attached hydrogens (tertiary/aromatic N) is 2. The van der Waals surface area contributed by atoms with Crippen molar-refractivity contribution < 1.29 is 47.6 Å². The second-order valence-corrected chi connectivity index (χ2v) is 15.6. The molecule has 2 rings (SSSR count). The second-order valence-electron chi connectivity index (χ2n) is 15.6. The Morgan fingerprint density at radius 1 is 0.564 bits per heavy atom. The molecule has 0 spiro atoms. The maximum Gasteiger partial charge on any atom is 0.260 e. The number of carbonyl (C=O) groups is 2. The van der Waals surface area contributed by atoms with Gasteiger partial charge in [0.25, 0.3) is 5.91 Å². The van der Waals surface area contributed by atoms with Crippen LogP contribution in [0.5, 0.6) is 11.5 Å². The summed E-state index contributed by atoms with van der Waals surface area (Å²) >= 11 is 0. The van der Waals surface area contributed by atoms with Crippen LogP contribution < -0.4 is 38.0 Å². The van der Waals surface area contributed by atoms with E-state index in [2.05, 4.69) is 43.7 Å². The molecule has 0 radical (unpaired) electrons. The average Bonchev–Trinajstić information content (AvgIpc) is 3.17. The molecule has 0 fully saturated rings. The fourth-order valence-electron chi connectivity index (χ4n) is 7.30. The number of pyridine rings is 1. The van der Waals surface area contributed by atoms with Gasteiger partial charge in [-0.1, -0.05) is 168 Å². The van der Waals surface area contributed by atoms with E-state index in [9.17, 15) is 9.59 Å². The summed E-state index contributed by atoms with van der Waals surface area (Å²) < 4.78 is 14.8. The minimum absolute atomic E-state index is 0. The minimum atomic E-state index is -0.278. The van der Waals surface area contributed by atoms with E-state index in [-0.39, 0.29) is 35.8 Å². The molecule has 55 heavy (non-hydrogen) atoms. The van der Waals surface area contributed by atoms with E-state index in [1.807, 2.05) is 12.1 Å². The predicted octanol–water partition coefficient (Wildman–Crippen LogP) is 10.2. The van der Waals surface area contributed by atoms with Gasteiger partial charge in [-0.15, -0.1) is 0 Å². The zero-order valence-corrected chi connectivity index (χ0v) is 38.0. The van der Waals surface area contributed by atoms with Crippen LogP contribution in [0, 0.1) is 0 Å². The summed E-state index contributed by atoms with van der Waals surface area (Å²) in [7, 11) is 0. The number of hydrogen-bond acceptors (Lipinski definition) is 4. The van der Waals surface area contributed by atoms with Gasteiger partial charge in [0, 0.05) is 44.0 Å². The Balaban J connectivity index is 0.0000151. The number of aromatic nitrogens is 1. The Bertz CT molecular complexity index is 1240. The van der Waals surface area contributed by atoms with Crippen molar-refractivity contribution >= 4 is 11.8 Å². The van der Waals surface area contributed by atoms with Gasteiger partial charge < -0.3 is 33.5 Å². The summed E-state index contributed by atoms with van der Waals surface area (Å²) in [5.41, 5.74) is 1.69. The number of carbonyl (C=O) groups excluding carboxylic acids is 2. The van der Waals surface area contributed by atoms with Gasteiger partial charge in [-0.25, -0.2) is 4.57 Å². The molecule has 7 heteroatoms. The van der Waals surface area contributed by atoms with Crippen LogP contribution in [0.2, 0.25) is 0 Å². The summed E-state index contributed by atoms with van der Waals surface area (Å²) in [4.78, 5) is 27.8. The molecule has 0 aliphatic carbocycles. The molecule has 0 N–H and O–H groups in total. The highest BCUT2D eigenvalue weighted by molar-refractivity contribution is 6.04. The molecule has 0 bridgehead atoms. The number of halogens is 1. The first-order chi connectivity index (χ1) is 26.5. The van der Waals surface area contributed by atoms with Crippen LogP contribution in [0.25, 0.3) is 0 Å². The standard InChI is InChI=1S/C48H81N2O4.HI/c1-5-8-10-12-14-16-18-20-22-24-26-30-40-53-46-36-35-44(42-47(46)54-41-31-27-25-23-21-19-17-15-13-11-9-6-2)48(52)50(43(4)51)39-32-34-45-33-28-29-38-49(45)37-7-3;/h28-29,33,35-36,38,42H,5-27,30-32,34,37,39-41H2,1-4H3;1H/q+1;/p-1. The fraction of sp³-hybridized carbons (Fsp3) is 0.729. The third kappa shape index (κ3) is 24.3. The molecule has 2 aromatic rings. The lowest BCUT2D eigenvalue weighted by Crippen LogP contribution is -3.00. The van der Waals surface area contributed by atoms with Crippen molar-refractivity contribution in [1.82, 2.24) is 4.90 Å². The van der Waals surface area contributed by atoms with E-state index in [4.69, 9.17) is 9.47 Å². The third-order valence-corrected chi connectivity index (χ3v) is 10.6. The molecule has 0 aliphatic rings. The molecule has 6 nitrogen and oxygen atoms in total. The molecule has 0 saturated carbocycles. The largest absolute Gasteiger partial charge is 1.00 e. The van der Waals surface area contributed by atoms with Crippen molar-refractivity contribution in [3.63, 3.8) is 0 Å². The highest BCUT2D eigenvalue weighted by Gasteiger charge is 2.22. The lowest BCUT2D eigenvalue weighted by molar-refractivity contribution is -0.704. The number of imide groups is 1. The Kier molecular flexibility index (Phi) is 32.4. The Morgan fingerprint density at radius 2 is 1.04 bits per heavy atom. The number of rotatable bonds is 35. The molecule has 0 unspecified atom stereocenters. The molecule has 1 aromatic heterocycles. The molecule has 0 aliphatic heterocycles. The van der Waals surface area contributed by atoms with Crippen molar-refractivity contribution in [2.24, 2.45) is 0 Å². The average molecular weight is 877 g/mol. The number of hydrogen-bond donors (Lipinski definition) is 0. The third-order valence-electron chi connectivity index (χ3n) is 10.6. The van der Waals surface area contributed by atoms with Crippen molar-refractivity contribution in [3.8, 4) is 11.5 Å². The predicted molar refractivity (Wildman–Crippen MR) is 227 cm³/mol. The maximum atomic E-state index is 13.7. The van der Waals surface area contributed by atoms with Crippen LogP contribution in [0.1, 0.15) is 211 Å². The number of benzene rings is 1. The lowest BCUT2D eigenvalue weighted by atomic mass is 10.1. The zero-order chi connectivity index (χ0) is 38.9. The van der Waals surface area contributed by atoms with E-state index < -0.39 is 0 Å². The van der Waals surface area contributed by atoms with Gasteiger partial charge in [-0.05, 0) is 37.5 Å². The van der Waals surface area contributed by atoms with Gasteiger partial charge in [0.05, 0.1) is 13.2 Å². The molecule has 1 aromatic carbocycles. The molecular formula is C48H81IN2O4. The van der Waals surface area contributed by atoms with E-state index in [0.717, 1.165) is 45.1 Å². The normalized spacial score (nSPS) is 11.0. The van der Waals surface area contributed by atoms with Gasteiger partial charge in [0.15, 0.2) is 23.4 Å². The van der Waals surface area contributed by atoms with Crippen molar-refractivity contribution in [3.05, 3.63) is 53.9 Å². The van der Waals surface area contributed by atoms with Crippen LogP contribution in [-0.2, 0) is 17.8 Å². The zero-order valence-electron chi connectivity index (χ0n) is 35.9. The first kappa shape index (κ1) is 50.9. The maximum absolute atomic E-state index is 13.7. The Labute approximate surface area is 355 Å². The quantitative estimate of drug-likeness (QED) is 0.0393. The van der Waals surface area contributed by atoms with E-state index in [1.54, 1.807) is 12.1 Å². The van der Waals surface area contributed by atoms with E-state index >= 15 is 0 Å². The molecule has 2 amide bonds. The monoisotopic (exact) mass is 877 g/mol. The van der Waals surface area contributed by atoms with Gasteiger partial charge in [-0.3, -0.25) is 14.5 Å². The SMILES string of the molecule is CCCCCCCCCCCCCCOc1ccc(C(=O)N(CCCc2cccc[n+]2CCC)C(C)=O)cc1OCCCCCCCCCCCCCC.[I-]. The lowest BCUT2D eigenvalue weighted by Gasteiger charge is -2.20. The molecular weight excluding hydrogens is 795 g/mol. The molecule has 0 saturated heterocycles. The topological polar surface area (TPSA) is 59.7 Å². The number of unbranched alkanes of at least 4 members (excludes halogenated alkanes) is 22. The summed E-state index contributed by atoms with van der Waals surface area (Å²) in [6.07, 6.45) is 35.9. The van der Waals surface area contributed by atoms with Gasteiger partial charge in [0.2, 0.25) is 5.91 Å². The van der Waals surface area contributed by atoms with Gasteiger partial charge >= 0.3 is 0 Å². The van der Waals surface area contributed by atoms with Crippen LogP contribution in [0.3, 0.4) is 0 Å². The van der Waals surface area contributed by atoms with Crippen molar-refractivity contribution in [2.45, 2.75) is 208 Å². The number of ether oxygens (including phenoxy) is 2. The highest BCUT2D eigenvalue weighted by atomic mass is 127. The summed E-state index contributed by atoms with van der Waals surface area (Å²) in [5, 5.41) is 0. The first-order valence-corrected chi connectivity index (χ1v) is 22.7. The second kappa shape index (κ2) is 35.0. The van der Waals surface area contributed by atoms with Crippen LogP contribution in [0.15, 0.2) is 42.6 Å². The first-order valence-electron chi connectivity index (χ1n) is 22.7. The molecule has 0 atom stereocenters. The van der Waals surface area contributed by atoms with E-state index in [0.29, 0.717) is 43.2 Å². The summed E-state index contributed by atoms with van der Waals surface area (Å²) in [6, 6.07) is 11.7. The summed E-state index contributed by atoms with van der Waals surface area (Å²) in [5.74, 6) is 0.782. The summed E-state index contributed by atoms with van der Waals surface area (Å²) in [6.45, 7) is 10.8. The Morgan fingerprint density at radius 3 is 1.51 bits per heavy atom. The van der Waals surface area contributed by atoms with Crippen molar-refractivity contribution in [2.75, 3.05) is 19.8 Å². The minimum Gasteiger partial charge on any atom is -1.00 e. The smallest absolute Gasteiger partial charge is 0.260 e. The van der Waals surface area contributed by atoms with E-state index in [1.165, 1.54) is 146 Å². The van der Waals surface area contributed by atoms with Gasteiger partial charge in [-0.2, -0.15) is 0 Å². The highest BCUT2D eigenvalue weighted by Crippen LogP contribution is 2.30. The van der Waals surface area contributed by atoms with Gasteiger partial charge in [0.1, 0.15) is 6.54 Å². The number of amides is 2. The number of aryl methyl sites for hydroxylation is 2. The molecule has 1 heterocycles. The molecule has 314 valence electrons. The van der Waals surface area contributed by atoms with Crippen LogP contribution in [-0.4, -0.2) is 36.5 Å². The Hall–Kier alpha value is -2.16.